The van der Waals surface area contributed by atoms with Crippen LogP contribution in [0.15, 0.2) is 23.7 Å². The summed E-state index contributed by atoms with van der Waals surface area (Å²) in [5.74, 6) is -0.750. The summed E-state index contributed by atoms with van der Waals surface area (Å²) >= 11 is 0. The van der Waals surface area contributed by atoms with Crippen LogP contribution in [0.4, 0.5) is 0 Å². The topological polar surface area (TPSA) is 121 Å². The van der Waals surface area contributed by atoms with Gasteiger partial charge in [0.1, 0.15) is 0 Å². The van der Waals surface area contributed by atoms with Crippen LogP contribution in [0, 0.1) is 0 Å². The quantitative estimate of drug-likeness (QED) is 0.499. The molecule has 0 aromatic rings. The van der Waals surface area contributed by atoms with Gasteiger partial charge in [-0.2, -0.15) is 0 Å². The van der Waals surface area contributed by atoms with Gasteiger partial charge >= 0.3 is 26.2 Å². The number of rotatable bonds is 2. The molecule has 0 aromatic carbocycles. The standard InChI is InChI=1S/2C5H8O2.2C2H6O.Zr/c2*1-4(6)3-5(2)7;2*1-2-3;/h2*3,6H,1-2H3;2*3H,2H2,1H3;/q;;;;+2/p-2/b2*4-3-;;;. The molecule has 0 saturated heterocycles. The van der Waals surface area contributed by atoms with E-state index in [-0.39, 0.29) is 62.5 Å². The second-order valence-corrected chi connectivity index (χ2v) is 3.36. The van der Waals surface area contributed by atoms with Crippen LogP contribution in [-0.2, 0) is 35.8 Å². The molecule has 0 unspecified atom stereocenters. The molecule has 21 heavy (non-hydrogen) atoms. The van der Waals surface area contributed by atoms with Crippen molar-refractivity contribution in [2.75, 3.05) is 13.2 Å². The van der Waals surface area contributed by atoms with E-state index in [0.29, 0.717) is 0 Å². The van der Waals surface area contributed by atoms with E-state index in [1.807, 2.05) is 0 Å². The Hall–Kier alpha value is -0.777. The molecule has 0 radical (unpaired) electrons. The molecule has 0 heterocycles. The summed E-state index contributed by atoms with van der Waals surface area (Å²) in [6, 6.07) is 0. The third kappa shape index (κ3) is 109. The van der Waals surface area contributed by atoms with E-state index in [1.165, 1.54) is 27.7 Å². The van der Waals surface area contributed by atoms with Crippen LogP contribution in [-0.4, -0.2) is 35.0 Å². The molecule has 0 spiro atoms. The Kier molecular flexibility index (Phi) is 42.3. The number of aliphatic hydroxyl groups is 2. The van der Waals surface area contributed by atoms with Gasteiger partial charge < -0.3 is 20.4 Å². The van der Waals surface area contributed by atoms with Crippen molar-refractivity contribution in [1.82, 2.24) is 0 Å². The van der Waals surface area contributed by atoms with Crippen molar-refractivity contribution in [3.8, 4) is 0 Å². The minimum atomic E-state index is -0.187. The molecule has 0 amide bonds. The monoisotopic (exact) mass is 380 g/mol. The van der Waals surface area contributed by atoms with Crippen molar-refractivity contribution in [3.05, 3.63) is 23.7 Å². The Morgan fingerprint density at radius 1 is 0.810 bits per heavy atom. The number of hydrogen-bond acceptors (Lipinski definition) is 6. The van der Waals surface area contributed by atoms with Gasteiger partial charge in [-0.15, -0.1) is 11.5 Å². The van der Waals surface area contributed by atoms with Crippen LogP contribution in [0.2, 0.25) is 0 Å². The zero-order valence-electron chi connectivity index (χ0n) is 13.6. The van der Waals surface area contributed by atoms with Crippen LogP contribution in [0.1, 0.15) is 41.5 Å². The number of aliphatic hydroxyl groups excluding tert-OH is 2. The predicted octanol–water partition coefficient (Wildman–Crippen LogP) is -0.326. The minimum absolute atomic E-state index is 0. The molecule has 0 saturated carbocycles. The first-order valence-corrected chi connectivity index (χ1v) is 6.02. The molecule has 7 heteroatoms. The predicted molar refractivity (Wildman–Crippen MR) is 74.4 cm³/mol. The maximum Gasteiger partial charge on any atom is 2.00 e. The summed E-state index contributed by atoms with van der Waals surface area (Å²) in [5.41, 5.74) is 0. The molecule has 122 valence electrons. The summed E-state index contributed by atoms with van der Waals surface area (Å²) in [7, 11) is 0. The molecule has 0 rings (SSSR count). The summed E-state index contributed by atoms with van der Waals surface area (Å²) < 4.78 is 0. The molecule has 0 aliphatic heterocycles. The van der Waals surface area contributed by atoms with Gasteiger partial charge in [-0.25, -0.2) is 0 Å². The summed E-state index contributed by atoms with van der Waals surface area (Å²) in [6.45, 7) is 9.26. The molecule has 2 N–H and O–H groups in total. The van der Waals surface area contributed by atoms with E-state index in [4.69, 9.17) is 10.2 Å². The van der Waals surface area contributed by atoms with Crippen LogP contribution in [0.3, 0.4) is 0 Å². The van der Waals surface area contributed by atoms with E-state index in [0.717, 1.165) is 12.2 Å². The molecule has 6 nitrogen and oxygen atoms in total. The van der Waals surface area contributed by atoms with Gasteiger partial charge in [0.05, 0.1) is 0 Å². The SMILES string of the molecule is CC(=O)/C=C(/C)[O-].CC(=O)/C=C(/C)[O-].CCO.CCO.[Zr+2]. The Balaban J connectivity index is -0.0000000576. The molecule has 0 atom stereocenters. The zero-order chi connectivity index (χ0) is 17.1. The Bertz CT molecular complexity index is 260. The largest absolute Gasteiger partial charge is 2.00 e. The molecule has 0 aromatic heterocycles. The fourth-order valence-electron chi connectivity index (χ4n) is 0.572. The molecule has 0 bridgehead atoms. The Morgan fingerprint density at radius 3 is 0.952 bits per heavy atom. The maximum absolute atomic E-state index is 9.98. The average Bonchev–Trinajstić information content (AvgIpc) is 2.15. The van der Waals surface area contributed by atoms with Crippen molar-refractivity contribution in [1.29, 1.82) is 0 Å². The van der Waals surface area contributed by atoms with Gasteiger partial charge in [-0.05, 0) is 39.8 Å². The van der Waals surface area contributed by atoms with E-state index in [9.17, 15) is 19.8 Å². The van der Waals surface area contributed by atoms with Crippen molar-refractivity contribution in [2.45, 2.75) is 41.5 Å². The van der Waals surface area contributed by atoms with Crippen molar-refractivity contribution >= 4 is 11.6 Å². The number of ketones is 2. The second kappa shape index (κ2) is 27.5. The summed E-state index contributed by atoms with van der Waals surface area (Å²) in [5, 5.41) is 35.1. The molecular weight excluding hydrogens is 355 g/mol. The van der Waals surface area contributed by atoms with Crippen LogP contribution in [0.25, 0.3) is 0 Å². The van der Waals surface area contributed by atoms with Crippen LogP contribution in [0.5, 0.6) is 0 Å². The first-order valence-electron chi connectivity index (χ1n) is 6.02. The number of carbonyl (C=O) groups excluding carboxylic acids is 2. The van der Waals surface area contributed by atoms with Gasteiger partial charge in [0, 0.05) is 13.2 Å². The van der Waals surface area contributed by atoms with Gasteiger partial charge in [0.25, 0.3) is 0 Å². The van der Waals surface area contributed by atoms with E-state index in [1.54, 1.807) is 13.8 Å². The van der Waals surface area contributed by atoms with Gasteiger partial charge in [0.2, 0.25) is 0 Å². The molecule has 0 aliphatic rings. The number of allylic oxidation sites excluding steroid dienone is 4. The van der Waals surface area contributed by atoms with E-state index >= 15 is 0 Å². The fourth-order valence-corrected chi connectivity index (χ4v) is 0.572. The molecule has 0 aliphatic carbocycles. The Labute approximate surface area is 146 Å². The van der Waals surface area contributed by atoms with Gasteiger partial charge in [-0.1, -0.05) is 13.8 Å². The van der Waals surface area contributed by atoms with Crippen LogP contribution < -0.4 is 10.2 Å². The first kappa shape index (κ1) is 32.2. The summed E-state index contributed by atoms with van der Waals surface area (Å²) in [4.78, 5) is 20.0. The van der Waals surface area contributed by atoms with E-state index in [2.05, 4.69) is 0 Å². The van der Waals surface area contributed by atoms with Gasteiger partial charge in [0.15, 0.2) is 11.6 Å². The second-order valence-electron chi connectivity index (χ2n) is 3.36. The van der Waals surface area contributed by atoms with E-state index < -0.39 is 0 Å². The summed E-state index contributed by atoms with van der Waals surface area (Å²) in [6.07, 6.45) is 2.11. The minimum Gasteiger partial charge on any atom is -0.876 e. The van der Waals surface area contributed by atoms with Gasteiger partial charge in [-0.3, -0.25) is 9.59 Å². The smallest absolute Gasteiger partial charge is 0.876 e. The van der Waals surface area contributed by atoms with Crippen molar-refractivity contribution in [2.24, 2.45) is 0 Å². The normalized spacial score (nSPS) is 9.33. The van der Waals surface area contributed by atoms with Crippen molar-refractivity contribution in [3.63, 3.8) is 0 Å². The number of hydrogen-bond donors (Lipinski definition) is 2. The number of carbonyl (C=O) groups is 2. The van der Waals surface area contributed by atoms with Crippen LogP contribution >= 0.6 is 0 Å². The fraction of sp³-hybridized carbons (Fsp3) is 0.571. The Morgan fingerprint density at radius 2 is 0.952 bits per heavy atom. The first-order chi connectivity index (χ1) is 9.08. The average molecular weight is 382 g/mol. The third-order valence-electron chi connectivity index (χ3n) is 0.813. The van der Waals surface area contributed by atoms with Crippen molar-refractivity contribution < 1.29 is 56.2 Å². The molecule has 0 fully saturated rings. The third-order valence-corrected chi connectivity index (χ3v) is 0.813. The molecular formula is C14H26O6Zr. The zero-order valence-corrected chi connectivity index (χ0v) is 16.1. The maximum atomic E-state index is 9.98.